The minimum absolute atomic E-state index is 0.511. The quantitative estimate of drug-likeness (QED) is 0.432. The molecule has 0 fully saturated rings. The van der Waals surface area contributed by atoms with Gasteiger partial charge in [-0.3, -0.25) is 4.98 Å². The number of aromatic nitrogens is 1. The van der Waals surface area contributed by atoms with Gasteiger partial charge in [0.15, 0.2) is 0 Å². The third kappa shape index (κ3) is 3.56. The van der Waals surface area contributed by atoms with Crippen molar-refractivity contribution in [1.82, 2.24) is 4.98 Å². The maximum atomic E-state index is 8.54. The zero-order chi connectivity index (χ0) is 18.6. The van der Waals surface area contributed by atoms with Crippen molar-refractivity contribution >= 4 is 22.7 Å². The highest BCUT2D eigenvalue weighted by molar-refractivity contribution is 6.10. The molecule has 0 spiro atoms. The van der Waals surface area contributed by atoms with Crippen LogP contribution < -0.4 is 0 Å². The lowest BCUT2D eigenvalue weighted by Gasteiger charge is -2.10. The number of hydrogen-bond acceptors (Lipinski definition) is 2. The van der Waals surface area contributed by atoms with Crippen LogP contribution in [0, 0.1) is 12.3 Å². The first-order chi connectivity index (χ1) is 13.2. The number of pyridine rings is 1. The van der Waals surface area contributed by atoms with Crippen LogP contribution in [-0.4, -0.2) is 10.7 Å². The van der Waals surface area contributed by atoms with Crippen LogP contribution in [-0.2, 0) is 0 Å². The van der Waals surface area contributed by atoms with E-state index in [1.54, 1.807) is 0 Å². The molecule has 0 unspecified atom stereocenters. The molecule has 1 aromatic heterocycles. The Kier molecular flexibility index (Phi) is 4.63. The molecule has 0 saturated heterocycles. The predicted octanol–water partition coefficient (Wildman–Crippen LogP) is 6.29. The summed E-state index contributed by atoms with van der Waals surface area (Å²) in [5, 5.41) is 9.67. The van der Waals surface area contributed by atoms with E-state index in [0.717, 1.165) is 38.7 Å². The molecule has 0 aliphatic rings. The van der Waals surface area contributed by atoms with Gasteiger partial charge in [0.2, 0.25) is 0 Å². The molecule has 1 N–H and O–H groups in total. The van der Waals surface area contributed by atoms with Crippen molar-refractivity contribution in [3.63, 3.8) is 0 Å². The van der Waals surface area contributed by atoms with Gasteiger partial charge in [-0.1, -0.05) is 66.7 Å². The Balaban J connectivity index is 1.73. The molecule has 2 nitrogen and oxygen atoms in total. The van der Waals surface area contributed by atoms with Crippen molar-refractivity contribution in [3.05, 3.63) is 108 Å². The number of para-hydroxylation sites is 1. The second kappa shape index (κ2) is 7.38. The average molecular weight is 348 g/mol. The second-order valence-electron chi connectivity index (χ2n) is 6.56. The summed E-state index contributed by atoms with van der Waals surface area (Å²) in [6.07, 6.45) is 5.69. The molecule has 0 aliphatic heterocycles. The summed E-state index contributed by atoms with van der Waals surface area (Å²) in [4.78, 5) is 4.45. The summed E-state index contributed by atoms with van der Waals surface area (Å²) < 4.78 is 0. The number of aryl methyl sites for hydroxylation is 1. The van der Waals surface area contributed by atoms with Crippen molar-refractivity contribution < 1.29 is 0 Å². The van der Waals surface area contributed by atoms with E-state index in [1.165, 1.54) is 0 Å². The van der Waals surface area contributed by atoms with Crippen molar-refractivity contribution in [2.75, 3.05) is 0 Å². The minimum atomic E-state index is 0.511. The molecular weight excluding hydrogens is 328 g/mol. The Hall–Kier alpha value is -3.52. The Labute approximate surface area is 159 Å². The summed E-state index contributed by atoms with van der Waals surface area (Å²) in [6, 6.07) is 26.6. The number of nitrogens with one attached hydrogen (secondary N) is 1. The van der Waals surface area contributed by atoms with E-state index < -0.39 is 0 Å². The monoisotopic (exact) mass is 348 g/mol. The van der Waals surface area contributed by atoms with E-state index >= 15 is 0 Å². The zero-order valence-corrected chi connectivity index (χ0v) is 15.2. The molecule has 4 aromatic rings. The Morgan fingerprint density at radius 2 is 1.67 bits per heavy atom. The highest BCUT2D eigenvalue weighted by atomic mass is 14.6. The van der Waals surface area contributed by atoms with Crippen LogP contribution >= 0.6 is 0 Å². The molecule has 3 aromatic carbocycles. The predicted molar refractivity (Wildman–Crippen MR) is 114 cm³/mol. The average Bonchev–Trinajstić information content (AvgIpc) is 2.73. The minimum Gasteiger partial charge on any atom is -0.300 e. The molecule has 1 heterocycles. The van der Waals surface area contributed by atoms with Gasteiger partial charge in [-0.2, -0.15) is 0 Å². The van der Waals surface area contributed by atoms with Crippen LogP contribution in [0.1, 0.15) is 16.7 Å². The highest BCUT2D eigenvalue weighted by Crippen LogP contribution is 2.29. The first-order valence-corrected chi connectivity index (χ1v) is 8.99. The molecule has 0 atom stereocenters. The highest BCUT2D eigenvalue weighted by Gasteiger charge is 2.08. The van der Waals surface area contributed by atoms with Gasteiger partial charge in [-0.25, -0.2) is 0 Å². The number of allylic oxidation sites excluding steroid dienone is 1. The van der Waals surface area contributed by atoms with E-state index in [9.17, 15) is 0 Å². The van der Waals surface area contributed by atoms with Gasteiger partial charge < -0.3 is 5.41 Å². The summed E-state index contributed by atoms with van der Waals surface area (Å²) in [6.45, 7) is 2.05. The molecule has 0 bridgehead atoms. The molecule has 0 saturated carbocycles. The van der Waals surface area contributed by atoms with Gasteiger partial charge >= 0.3 is 0 Å². The van der Waals surface area contributed by atoms with Crippen molar-refractivity contribution in [2.45, 2.75) is 6.92 Å². The van der Waals surface area contributed by atoms with Gasteiger partial charge in [0.25, 0.3) is 0 Å². The van der Waals surface area contributed by atoms with Crippen LogP contribution in [0.3, 0.4) is 0 Å². The number of rotatable bonds is 4. The van der Waals surface area contributed by atoms with E-state index in [-0.39, 0.29) is 0 Å². The molecule has 27 heavy (non-hydrogen) atoms. The van der Waals surface area contributed by atoms with Gasteiger partial charge in [-0.05, 0) is 53.5 Å². The molecule has 0 amide bonds. The number of nitrogens with zero attached hydrogens (tertiary/aromatic N) is 1. The van der Waals surface area contributed by atoms with Crippen molar-refractivity contribution in [3.8, 4) is 11.1 Å². The second-order valence-corrected chi connectivity index (χ2v) is 6.56. The van der Waals surface area contributed by atoms with E-state index in [2.05, 4.69) is 36.2 Å². The van der Waals surface area contributed by atoms with E-state index in [1.807, 2.05) is 72.9 Å². The molecular formula is C25H20N2. The summed E-state index contributed by atoms with van der Waals surface area (Å²) in [7, 11) is 0. The molecule has 0 radical (unpaired) electrons. The fourth-order valence-corrected chi connectivity index (χ4v) is 3.26. The number of hydrogen-bond donors (Lipinski definition) is 1. The molecule has 0 aliphatic carbocycles. The SMILES string of the molecule is Cc1ccc(-c2ccnc3ccccc23)cc1C(=N)/C=C/c1ccccc1. The maximum absolute atomic E-state index is 8.54. The van der Waals surface area contributed by atoms with Gasteiger partial charge in [0.05, 0.1) is 11.2 Å². The first kappa shape index (κ1) is 16.9. The Morgan fingerprint density at radius 1 is 0.889 bits per heavy atom. The first-order valence-electron chi connectivity index (χ1n) is 8.99. The lowest BCUT2D eigenvalue weighted by Crippen LogP contribution is -1.99. The smallest absolute Gasteiger partial charge is 0.0708 e. The van der Waals surface area contributed by atoms with Gasteiger partial charge in [-0.15, -0.1) is 0 Å². The van der Waals surface area contributed by atoms with Crippen LogP contribution in [0.5, 0.6) is 0 Å². The molecule has 2 heteroatoms. The maximum Gasteiger partial charge on any atom is 0.0708 e. The van der Waals surface area contributed by atoms with Gasteiger partial charge in [0, 0.05) is 17.1 Å². The van der Waals surface area contributed by atoms with Gasteiger partial charge in [0.1, 0.15) is 0 Å². The summed E-state index contributed by atoms with van der Waals surface area (Å²) in [5.41, 5.74) is 6.87. The topological polar surface area (TPSA) is 36.7 Å². The third-order valence-electron chi connectivity index (χ3n) is 4.73. The fourth-order valence-electron chi connectivity index (χ4n) is 3.26. The summed E-state index contributed by atoms with van der Waals surface area (Å²) in [5.74, 6) is 0. The fraction of sp³-hybridized carbons (Fsp3) is 0.0400. The third-order valence-corrected chi connectivity index (χ3v) is 4.73. The van der Waals surface area contributed by atoms with E-state index in [0.29, 0.717) is 5.71 Å². The van der Waals surface area contributed by atoms with Crippen LogP contribution in [0.15, 0.2) is 91.1 Å². The lowest BCUT2D eigenvalue weighted by atomic mass is 9.95. The van der Waals surface area contributed by atoms with Crippen molar-refractivity contribution in [2.24, 2.45) is 0 Å². The molecule has 4 rings (SSSR count). The van der Waals surface area contributed by atoms with E-state index in [4.69, 9.17) is 5.41 Å². The Morgan fingerprint density at radius 3 is 2.52 bits per heavy atom. The Bertz CT molecular complexity index is 1140. The largest absolute Gasteiger partial charge is 0.300 e. The van der Waals surface area contributed by atoms with Crippen LogP contribution in [0.2, 0.25) is 0 Å². The van der Waals surface area contributed by atoms with Crippen LogP contribution in [0.4, 0.5) is 0 Å². The molecule has 130 valence electrons. The lowest BCUT2D eigenvalue weighted by molar-refractivity contribution is 1.39. The normalized spacial score (nSPS) is 11.1. The van der Waals surface area contributed by atoms with Crippen LogP contribution in [0.25, 0.3) is 28.1 Å². The zero-order valence-electron chi connectivity index (χ0n) is 15.2. The number of benzene rings is 3. The van der Waals surface area contributed by atoms with Crippen molar-refractivity contribution in [1.29, 1.82) is 5.41 Å². The standard InChI is InChI=1S/C25H20N2/c1-18-11-13-20(21-15-16-27-25-10-6-5-9-22(21)25)17-23(18)24(26)14-12-19-7-3-2-4-8-19/h2-17,26H,1H3/b14-12+,26-24?. The summed E-state index contributed by atoms with van der Waals surface area (Å²) >= 11 is 0. The number of fused-ring (bicyclic) bond motifs is 1.